The van der Waals surface area contributed by atoms with Crippen LogP contribution in [0.2, 0.25) is 0 Å². The number of aromatic amines is 1. The lowest BCUT2D eigenvalue weighted by molar-refractivity contribution is 0.762. The quantitative estimate of drug-likeness (QED) is 0.801. The van der Waals surface area contributed by atoms with Gasteiger partial charge in [0.15, 0.2) is 5.96 Å². The van der Waals surface area contributed by atoms with Crippen molar-refractivity contribution in [2.75, 3.05) is 13.1 Å². The summed E-state index contributed by atoms with van der Waals surface area (Å²) in [4.78, 5) is 12.0. The van der Waals surface area contributed by atoms with Crippen LogP contribution in [0.3, 0.4) is 0 Å². The van der Waals surface area contributed by atoms with Gasteiger partial charge in [0.05, 0.1) is 6.54 Å². The number of guanidine groups is 1. The Kier molecular flexibility index (Phi) is 3.18. The molecule has 2 aliphatic rings. The minimum absolute atomic E-state index is 0.696. The third-order valence-electron chi connectivity index (χ3n) is 3.80. The number of nitrogens with one attached hydrogen (secondary N) is 3. The van der Waals surface area contributed by atoms with Gasteiger partial charge in [-0.25, -0.2) is 9.98 Å². The normalized spacial score (nSPS) is 19.9. The first kappa shape index (κ1) is 12.9. The summed E-state index contributed by atoms with van der Waals surface area (Å²) in [5.74, 6) is 1.74. The standard InChI is InChI=1S/C15H16BrN5/c16-11-4-13-10(6-17-14(13)18-7-11)3-12-8-20-15(21-12)19-5-9-1-2-9/h3-4,6-7,9H,1-2,5,8H2,(H,17,18)(H2,19,20,21)/b12-3-. The molecule has 0 amide bonds. The van der Waals surface area contributed by atoms with Crippen molar-refractivity contribution in [1.29, 1.82) is 0 Å². The fourth-order valence-corrected chi connectivity index (χ4v) is 2.78. The molecule has 3 heterocycles. The number of pyridine rings is 1. The molecular weight excluding hydrogens is 330 g/mol. The molecule has 0 atom stereocenters. The predicted octanol–water partition coefficient (Wildman–Crippen LogP) is 2.63. The topological polar surface area (TPSA) is 65.1 Å². The van der Waals surface area contributed by atoms with Gasteiger partial charge in [-0.15, -0.1) is 0 Å². The monoisotopic (exact) mass is 345 g/mol. The Balaban J connectivity index is 1.50. The number of rotatable bonds is 3. The molecule has 21 heavy (non-hydrogen) atoms. The zero-order valence-electron chi connectivity index (χ0n) is 11.5. The molecule has 0 bridgehead atoms. The van der Waals surface area contributed by atoms with Gasteiger partial charge in [-0.3, -0.25) is 0 Å². The van der Waals surface area contributed by atoms with E-state index < -0.39 is 0 Å². The van der Waals surface area contributed by atoms with E-state index in [1.165, 1.54) is 12.8 Å². The maximum Gasteiger partial charge on any atom is 0.196 e. The smallest absolute Gasteiger partial charge is 0.196 e. The van der Waals surface area contributed by atoms with E-state index in [1.54, 1.807) is 6.20 Å². The van der Waals surface area contributed by atoms with Crippen LogP contribution in [0.5, 0.6) is 0 Å². The zero-order chi connectivity index (χ0) is 14.2. The van der Waals surface area contributed by atoms with Crippen molar-refractivity contribution in [3.8, 4) is 0 Å². The molecular formula is C15H16BrN5. The number of nitrogens with zero attached hydrogens (tertiary/aromatic N) is 2. The predicted molar refractivity (Wildman–Crippen MR) is 87.9 cm³/mol. The Morgan fingerprint density at radius 1 is 1.43 bits per heavy atom. The second-order valence-electron chi connectivity index (χ2n) is 5.58. The minimum Gasteiger partial charge on any atom is -0.356 e. The largest absolute Gasteiger partial charge is 0.356 e. The van der Waals surface area contributed by atoms with Crippen molar-refractivity contribution in [2.45, 2.75) is 12.8 Å². The molecule has 0 aromatic carbocycles. The van der Waals surface area contributed by atoms with Crippen LogP contribution in [0, 0.1) is 5.92 Å². The summed E-state index contributed by atoms with van der Waals surface area (Å²) in [6, 6.07) is 2.08. The summed E-state index contributed by atoms with van der Waals surface area (Å²) in [6.45, 7) is 1.73. The molecule has 1 saturated carbocycles. The summed E-state index contributed by atoms with van der Waals surface area (Å²) in [7, 11) is 0. The van der Waals surface area contributed by atoms with E-state index in [-0.39, 0.29) is 0 Å². The molecule has 0 spiro atoms. The van der Waals surface area contributed by atoms with Crippen LogP contribution in [0.25, 0.3) is 17.1 Å². The van der Waals surface area contributed by atoms with Gasteiger partial charge in [0.25, 0.3) is 0 Å². The number of aliphatic imine (C=N–C) groups is 1. The van der Waals surface area contributed by atoms with Gasteiger partial charge in [-0.05, 0) is 46.8 Å². The maximum absolute atomic E-state index is 4.49. The van der Waals surface area contributed by atoms with Crippen LogP contribution in [0.4, 0.5) is 0 Å². The van der Waals surface area contributed by atoms with E-state index in [0.29, 0.717) is 6.54 Å². The van der Waals surface area contributed by atoms with Crippen molar-refractivity contribution < 1.29 is 0 Å². The van der Waals surface area contributed by atoms with Crippen LogP contribution in [0.1, 0.15) is 18.4 Å². The SMILES string of the molecule is Brc1cnc2[nH]cc(/C=C3/CN=C(NCC4CC4)N3)c2c1. The van der Waals surface area contributed by atoms with Gasteiger partial charge >= 0.3 is 0 Å². The highest BCUT2D eigenvalue weighted by molar-refractivity contribution is 9.10. The highest BCUT2D eigenvalue weighted by Gasteiger charge is 2.22. The van der Waals surface area contributed by atoms with Crippen LogP contribution >= 0.6 is 15.9 Å². The molecule has 5 nitrogen and oxygen atoms in total. The molecule has 0 saturated heterocycles. The van der Waals surface area contributed by atoms with Crippen LogP contribution in [-0.4, -0.2) is 29.0 Å². The van der Waals surface area contributed by atoms with E-state index in [0.717, 1.165) is 45.2 Å². The van der Waals surface area contributed by atoms with Crippen molar-refractivity contribution in [3.63, 3.8) is 0 Å². The Morgan fingerprint density at radius 3 is 3.19 bits per heavy atom. The van der Waals surface area contributed by atoms with Gasteiger partial charge in [0.2, 0.25) is 0 Å². The van der Waals surface area contributed by atoms with Crippen molar-refractivity contribution in [1.82, 2.24) is 20.6 Å². The molecule has 0 unspecified atom stereocenters. The summed E-state index contributed by atoms with van der Waals surface area (Å²) in [5.41, 5.74) is 3.13. The third kappa shape index (κ3) is 2.81. The highest BCUT2D eigenvalue weighted by atomic mass is 79.9. The molecule has 4 rings (SSSR count). The molecule has 0 radical (unpaired) electrons. The van der Waals surface area contributed by atoms with Gasteiger partial charge < -0.3 is 15.6 Å². The Bertz CT molecular complexity index is 742. The first-order chi connectivity index (χ1) is 10.3. The van der Waals surface area contributed by atoms with Gasteiger partial charge in [0.1, 0.15) is 5.65 Å². The Labute approximate surface area is 131 Å². The van der Waals surface area contributed by atoms with Crippen LogP contribution < -0.4 is 10.6 Å². The average Bonchev–Trinajstić information content (AvgIpc) is 3.08. The zero-order valence-corrected chi connectivity index (χ0v) is 13.1. The minimum atomic E-state index is 0.696. The lowest BCUT2D eigenvalue weighted by Gasteiger charge is -2.05. The van der Waals surface area contributed by atoms with Gasteiger partial charge in [-0.2, -0.15) is 0 Å². The van der Waals surface area contributed by atoms with Gasteiger partial charge in [-0.1, -0.05) is 0 Å². The van der Waals surface area contributed by atoms with Gasteiger partial charge in [0, 0.05) is 40.1 Å². The Hall–Kier alpha value is -1.82. The summed E-state index contributed by atoms with van der Waals surface area (Å²) in [5, 5.41) is 7.82. The van der Waals surface area contributed by atoms with E-state index in [2.05, 4.69) is 53.7 Å². The fourth-order valence-electron chi connectivity index (χ4n) is 2.45. The molecule has 1 aliphatic heterocycles. The first-order valence-corrected chi connectivity index (χ1v) is 7.96. The summed E-state index contributed by atoms with van der Waals surface area (Å²) < 4.78 is 0.983. The second-order valence-corrected chi connectivity index (χ2v) is 6.49. The number of halogens is 1. The van der Waals surface area contributed by atoms with E-state index >= 15 is 0 Å². The lowest BCUT2D eigenvalue weighted by Crippen LogP contribution is -2.34. The summed E-state index contributed by atoms with van der Waals surface area (Å²) >= 11 is 3.47. The fraction of sp³-hybridized carbons (Fsp3) is 0.333. The van der Waals surface area contributed by atoms with Crippen molar-refractivity contribution in [2.24, 2.45) is 10.9 Å². The molecule has 2 aromatic rings. The average molecular weight is 346 g/mol. The van der Waals surface area contributed by atoms with Crippen molar-refractivity contribution >= 4 is 39.0 Å². The van der Waals surface area contributed by atoms with E-state index in [4.69, 9.17) is 0 Å². The highest BCUT2D eigenvalue weighted by Crippen LogP contribution is 2.27. The van der Waals surface area contributed by atoms with E-state index in [9.17, 15) is 0 Å². The maximum atomic E-state index is 4.49. The number of aromatic nitrogens is 2. The van der Waals surface area contributed by atoms with E-state index in [1.807, 2.05) is 6.20 Å². The van der Waals surface area contributed by atoms with Crippen LogP contribution in [-0.2, 0) is 0 Å². The Morgan fingerprint density at radius 2 is 2.33 bits per heavy atom. The number of H-pyrrole nitrogens is 1. The molecule has 6 heteroatoms. The van der Waals surface area contributed by atoms with Crippen LogP contribution in [0.15, 0.2) is 33.6 Å². The first-order valence-electron chi connectivity index (χ1n) is 7.16. The molecule has 3 N–H and O–H groups in total. The number of fused-ring (bicyclic) bond motifs is 1. The summed E-state index contributed by atoms with van der Waals surface area (Å²) in [6.07, 6.45) is 8.60. The second kappa shape index (κ2) is 5.18. The number of hydrogen-bond donors (Lipinski definition) is 3. The molecule has 1 fully saturated rings. The lowest BCUT2D eigenvalue weighted by atomic mass is 10.2. The molecule has 2 aromatic heterocycles. The molecule has 108 valence electrons. The number of hydrogen-bond acceptors (Lipinski definition) is 4. The third-order valence-corrected chi connectivity index (χ3v) is 4.23. The van der Waals surface area contributed by atoms with Crippen molar-refractivity contribution in [3.05, 3.63) is 34.2 Å². The molecule has 1 aliphatic carbocycles.